The average molecular weight is 264 g/mol. The van der Waals surface area contributed by atoms with Crippen LogP contribution >= 0.6 is 11.6 Å². The van der Waals surface area contributed by atoms with E-state index in [1.807, 2.05) is 32.9 Å². The van der Waals surface area contributed by atoms with Crippen LogP contribution in [0.15, 0.2) is 18.3 Å². The van der Waals surface area contributed by atoms with Crippen molar-refractivity contribution < 1.29 is 4.74 Å². The van der Waals surface area contributed by atoms with Gasteiger partial charge in [0.05, 0.1) is 18.5 Å². The molecule has 0 radical (unpaired) electrons. The molecule has 1 aromatic carbocycles. The molecule has 0 N–H and O–H groups in total. The molecule has 5 heteroatoms. The molecule has 2 rings (SSSR count). The predicted molar refractivity (Wildman–Crippen MR) is 70.9 cm³/mol. The van der Waals surface area contributed by atoms with E-state index in [-0.39, 0.29) is 5.28 Å². The van der Waals surface area contributed by atoms with Crippen molar-refractivity contribution in [1.29, 1.82) is 0 Å². The molecular weight excluding hydrogens is 250 g/mol. The minimum absolute atomic E-state index is 0.151. The second kappa shape index (κ2) is 5.31. The standard InChI is InChI=1S/C13H14ClN3O/c1-4-18-12-6-8(2)10(5-9(12)3)11-7-15-17-13(14)16-11/h5-7H,4H2,1-3H3. The number of nitrogens with zero attached hydrogens (tertiary/aromatic N) is 3. The van der Waals surface area contributed by atoms with Crippen LogP contribution < -0.4 is 4.74 Å². The molecule has 0 amide bonds. The maximum atomic E-state index is 5.76. The van der Waals surface area contributed by atoms with Crippen molar-refractivity contribution in [1.82, 2.24) is 15.2 Å². The zero-order valence-corrected chi connectivity index (χ0v) is 11.3. The van der Waals surface area contributed by atoms with E-state index in [1.54, 1.807) is 6.20 Å². The molecule has 2 aromatic rings. The number of ether oxygens (including phenoxy) is 1. The molecule has 0 aliphatic carbocycles. The number of aryl methyl sites for hydroxylation is 2. The molecule has 0 saturated heterocycles. The predicted octanol–water partition coefficient (Wildman–Crippen LogP) is 3.21. The summed E-state index contributed by atoms with van der Waals surface area (Å²) >= 11 is 5.76. The molecule has 0 aliphatic heterocycles. The number of rotatable bonds is 3. The molecule has 18 heavy (non-hydrogen) atoms. The fourth-order valence-electron chi connectivity index (χ4n) is 1.79. The molecule has 0 aliphatic rings. The van der Waals surface area contributed by atoms with Gasteiger partial charge in [-0.25, -0.2) is 4.98 Å². The topological polar surface area (TPSA) is 47.9 Å². The van der Waals surface area contributed by atoms with Gasteiger partial charge in [-0.1, -0.05) is 0 Å². The van der Waals surface area contributed by atoms with Crippen LogP contribution in [0.4, 0.5) is 0 Å². The van der Waals surface area contributed by atoms with Crippen molar-refractivity contribution >= 4 is 11.6 Å². The van der Waals surface area contributed by atoms with Gasteiger partial charge in [-0.2, -0.15) is 5.10 Å². The van der Waals surface area contributed by atoms with Crippen molar-refractivity contribution in [2.75, 3.05) is 6.61 Å². The minimum Gasteiger partial charge on any atom is -0.494 e. The maximum absolute atomic E-state index is 5.76. The number of halogens is 1. The summed E-state index contributed by atoms with van der Waals surface area (Å²) in [6.45, 7) is 6.63. The molecule has 94 valence electrons. The lowest BCUT2D eigenvalue weighted by molar-refractivity contribution is 0.337. The van der Waals surface area contributed by atoms with Gasteiger partial charge in [-0.3, -0.25) is 0 Å². The summed E-state index contributed by atoms with van der Waals surface area (Å²) in [4.78, 5) is 4.17. The van der Waals surface area contributed by atoms with Gasteiger partial charge in [0, 0.05) is 5.56 Å². The van der Waals surface area contributed by atoms with E-state index >= 15 is 0 Å². The summed E-state index contributed by atoms with van der Waals surface area (Å²) in [5.41, 5.74) is 3.85. The summed E-state index contributed by atoms with van der Waals surface area (Å²) in [5, 5.41) is 7.61. The lowest BCUT2D eigenvalue weighted by atomic mass is 10.0. The Labute approximate surface area is 111 Å². The highest BCUT2D eigenvalue weighted by Crippen LogP contribution is 2.29. The van der Waals surface area contributed by atoms with E-state index in [0.717, 1.165) is 28.1 Å². The molecule has 1 heterocycles. The molecule has 0 saturated carbocycles. The van der Waals surface area contributed by atoms with Gasteiger partial charge in [0.15, 0.2) is 0 Å². The first kappa shape index (κ1) is 12.8. The number of benzene rings is 1. The summed E-state index contributed by atoms with van der Waals surface area (Å²) < 4.78 is 5.56. The normalized spacial score (nSPS) is 10.4. The van der Waals surface area contributed by atoms with Gasteiger partial charge in [-0.05, 0) is 55.6 Å². The summed E-state index contributed by atoms with van der Waals surface area (Å²) in [5.74, 6) is 0.895. The van der Waals surface area contributed by atoms with E-state index < -0.39 is 0 Å². The van der Waals surface area contributed by atoms with Crippen LogP contribution in [0.25, 0.3) is 11.3 Å². The molecule has 0 bridgehead atoms. The third-order valence-electron chi connectivity index (χ3n) is 2.63. The smallest absolute Gasteiger partial charge is 0.243 e. The highest BCUT2D eigenvalue weighted by Gasteiger charge is 2.09. The van der Waals surface area contributed by atoms with Crippen molar-refractivity contribution in [2.45, 2.75) is 20.8 Å². The number of hydrogen-bond acceptors (Lipinski definition) is 4. The summed E-state index contributed by atoms with van der Waals surface area (Å²) in [7, 11) is 0. The van der Waals surface area contributed by atoms with Gasteiger partial charge < -0.3 is 4.74 Å². The first-order valence-corrected chi connectivity index (χ1v) is 6.09. The number of aromatic nitrogens is 3. The Morgan fingerprint density at radius 3 is 2.67 bits per heavy atom. The SMILES string of the molecule is CCOc1cc(C)c(-c2cnnc(Cl)n2)cc1C. The largest absolute Gasteiger partial charge is 0.494 e. The lowest BCUT2D eigenvalue weighted by Gasteiger charge is -2.11. The Kier molecular flexibility index (Phi) is 3.77. The van der Waals surface area contributed by atoms with Crippen LogP contribution in [0, 0.1) is 13.8 Å². The van der Waals surface area contributed by atoms with E-state index in [0.29, 0.717) is 6.61 Å². The Morgan fingerprint density at radius 2 is 2.00 bits per heavy atom. The minimum atomic E-state index is 0.151. The molecular formula is C13H14ClN3O. The lowest BCUT2D eigenvalue weighted by Crippen LogP contribution is -1.97. The zero-order valence-electron chi connectivity index (χ0n) is 10.6. The van der Waals surface area contributed by atoms with Crippen LogP contribution in [0.3, 0.4) is 0 Å². The van der Waals surface area contributed by atoms with Gasteiger partial charge in [0.1, 0.15) is 5.75 Å². The maximum Gasteiger partial charge on any atom is 0.243 e. The van der Waals surface area contributed by atoms with Gasteiger partial charge >= 0.3 is 0 Å². The fourth-order valence-corrected chi connectivity index (χ4v) is 1.92. The Bertz CT molecular complexity index is 572. The Hall–Kier alpha value is -1.68. The number of hydrogen-bond donors (Lipinski definition) is 0. The second-order valence-electron chi connectivity index (χ2n) is 3.98. The first-order chi connectivity index (χ1) is 8.61. The average Bonchev–Trinajstić information content (AvgIpc) is 2.33. The Morgan fingerprint density at radius 1 is 1.22 bits per heavy atom. The molecule has 0 fully saturated rings. The van der Waals surface area contributed by atoms with Crippen molar-refractivity contribution in [3.8, 4) is 17.0 Å². The third kappa shape index (κ3) is 2.59. The van der Waals surface area contributed by atoms with Crippen LogP contribution in [0.1, 0.15) is 18.1 Å². The molecule has 1 aromatic heterocycles. The Balaban J connectivity index is 2.49. The zero-order chi connectivity index (χ0) is 13.1. The highest BCUT2D eigenvalue weighted by atomic mass is 35.5. The quantitative estimate of drug-likeness (QED) is 0.853. The molecule has 0 spiro atoms. The van der Waals surface area contributed by atoms with E-state index in [2.05, 4.69) is 15.2 Å². The van der Waals surface area contributed by atoms with Gasteiger partial charge in [0.25, 0.3) is 0 Å². The second-order valence-corrected chi connectivity index (χ2v) is 4.31. The van der Waals surface area contributed by atoms with E-state index in [9.17, 15) is 0 Å². The summed E-state index contributed by atoms with van der Waals surface area (Å²) in [6.07, 6.45) is 1.61. The monoisotopic (exact) mass is 263 g/mol. The van der Waals surface area contributed by atoms with Crippen LogP contribution in [-0.4, -0.2) is 21.8 Å². The van der Waals surface area contributed by atoms with Crippen molar-refractivity contribution in [2.24, 2.45) is 0 Å². The van der Waals surface area contributed by atoms with E-state index in [1.165, 1.54) is 0 Å². The van der Waals surface area contributed by atoms with Crippen LogP contribution in [0.5, 0.6) is 5.75 Å². The highest BCUT2D eigenvalue weighted by molar-refractivity contribution is 6.28. The van der Waals surface area contributed by atoms with Crippen molar-refractivity contribution in [3.63, 3.8) is 0 Å². The van der Waals surface area contributed by atoms with Crippen LogP contribution in [0.2, 0.25) is 5.28 Å². The molecule has 4 nitrogen and oxygen atoms in total. The van der Waals surface area contributed by atoms with E-state index in [4.69, 9.17) is 16.3 Å². The molecule has 0 unspecified atom stereocenters. The first-order valence-electron chi connectivity index (χ1n) is 5.71. The third-order valence-corrected chi connectivity index (χ3v) is 2.79. The summed E-state index contributed by atoms with van der Waals surface area (Å²) in [6, 6.07) is 4.03. The van der Waals surface area contributed by atoms with Crippen LogP contribution in [-0.2, 0) is 0 Å². The fraction of sp³-hybridized carbons (Fsp3) is 0.308. The van der Waals surface area contributed by atoms with Gasteiger partial charge in [0.2, 0.25) is 5.28 Å². The molecule has 0 atom stereocenters. The van der Waals surface area contributed by atoms with Crippen molar-refractivity contribution in [3.05, 3.63) is 34.7 Å². The van der Waals surface area contributed by atoms with Gasteiger partial charge in [-0.15, -0.1) is 5.10 Å².